The summed E-state index contributed by atoms with van der Waals surface area (Å²) >= 11 is 0. The van der Waals surface area contributed by atoms with E-state index < -0.39 is 4.92 Å². The van der Waals surface area contributed by atoms with Crippen LogP contribution in [0.3, 0.4) is 0 Å². The Labute approximate surface area is 105 Å². The summed E-state index contributed by atoms with van der Waals surface area (Å²) in [7, 11) is 1.50. The lowest BCUT2D eigenvalue weighted by Crippen LogP contribution is -2.49. The molecule has 0 aliphatic carbocycles. The van der Waals surface area contributed by atoms with Crippen molar-refractivity contribution in [1.29, 1.82) is 0 Å². The van der Waals surface area contributed by atoms with Crippen molar-refractivity contribution in [2.24, 2.45) is 0 Å². The zero-order valence-electron chi connectivity index (χ0n) is 10.4. The molecule has 1 fully saturated rings. The fourth-order valence-corrected chi connectivity index (χ4v) is 2.04. The summed E-state index contributed by atoms with van der Waals surface area (Å²) in [5, 5.41) is 14.3. The second kappa shape index (κ2) is 5.18. The minimum absolute atomic E-state index is 0.0184. The van der Waals surface area contributed by atoms with Gasteiger partial charge in [0.25, 0.3) is 0 Å². The van der Waals surface area contributed by atoms with Crippen LogP contribution >= 0.6 is 0 Å². The summed E-state index contributed by atoms with van der Waals surface area (Å²) in [6.07, 6.45) is 0. The molecule has 18 heavy (non-hydrogen) atoms. The van der Waals surface area contributed by atoms with E-state index in [1.807, 2.05) is 11.8 Å². The highest BCUT2D eigenvalue weighted by molar-refractivity contribution is 5.59. The molecule has 1 N–H and O–H groups in total. The lowest BCUT2D eigenvalue weighted by atomic mass is 10.2. The fourth-order valence-electron chi connectivity index (χ4n) is 2.04. The smallest absolute Gasteiger partial charge is 0.311 e. The molecule has 0 spiro atoms. The van der Waals surface area contributed by atoms with Gasteiger partial charge >= 0.3 is 5.69 Å². The molecule has 2 rings (SSSR count). The van der Waals surface area contributed by atoms with Crippen LogP contribution in [0.15, 0.2) is 12.1 Å². The van der Waals surface area contributed by atoms with Crippen LogP contribution in [0.2, 0.25) is 0 Å². The number of hydrogen-bond acceptors (Lipinski definition) is 6. The zero-order valence-corrected chi connectivity index (χ0v) is 10.4. The number of aromatic nitrogens is 1. The molecular formula is C11H16N4O3. The van der Waals surface area contributed by atoms with E-state index in [4.69, 9.17) is 4.74 Å². The molecule has 0 aromatic carbocycles. The Morgan fingerprint density at radius 2 is 2.39 bits per heavy atom. The summed E-state index contributed by atoms with van der Waals surface area (Å²) in [5.74, 6) is 0.773. The van der Waals surface area contributed by atoms with Crippen molar-refractivity contribution in [1.82, 2.24) is 10.3 Å². The molecule has 7 heteroatoms. The Morgan fingerprint density at radius 3 is 3.00 bits per heavy atom. The third-order valence-corrected chi connectivity index (χ3v) is 2.90. The van der Waals surface area contributed by atoms with Crippen molar-refractivity contribution in [3.8, 4) is 5.88 Å². The minimum atomic E-state index is -0.408. The van der Waals surface area contributed by atoms with Crippen LogP contribution in [0.25, 0.3) is 0 Å². The average molecular weight is 252 g/mol. The molecule has 0 bridgehead atoms. The first kappa shape index (κ1) is 12.6. The van der Waals surface area contributed by atoms with Gasteiger partial charge in [-0.05, 0) is 6.92 Å². The molecule has 1 aromatic rings. The van der Waals surface area contributed by atoms with E-state index in [0.717, 1.165) is 6.54 Å². The van der Waals surface area contributed by atoms with Gasteiger partial charge in [0.1, 0.15) is 0 Å². The number of hydrogen-bond donors (Lipinski definition) is 1. The maximum Gasteiger partial charge on any atom is 0.311 e. The van der Waals surface area contributed by atoms with Gasteiger partial charge in [-0.1, -0.05) is 0 Å². The molecule has 1 saturated heterocycles. The van der Waals surface area contributed by atoms with Crippen LogP contribution in [0, 0.1) is 10.1 Å². The molecule has 1 atom stereocenters. The van der Waals surface area contributed by atoms with E-state index in [1.165, 1.54) is 19.2 Å². The van der Waals surface area contributed by atoms with Crippen LogP contribution in [0.1, 0.15) is 6.92 Å². The first-order chi connectivity index (χ1) is 8.61. The van der Waals surface area contributed by atoms with Crippen LogP contribution < -0.4 is 15.0 Å². The molecule has 0 radical (unpaired) electrons. The largest absolute Gasteiger partial charge is 0.481 e. The third-order valence-electron chi connectivity index (χ3n) is 2.90. The Hall–Kier alpha value is -1.89. The second-order valence-electron chi connectivity index (χ2n) is 4.25. The van der Waals surface area contributed by atoms with Gasteiger partial charge in [0.05, 0.1) is 12.0 Å². The minimum Gasteiger partial charge on any atom is -0.481 e. The van der Waals surface area contributed by atoms with Crippen molar-refractivity contribution >= 4 is 11.5 Å². The van der Waals surface area contributed by atoms with E-state index in [1.54, 1.807) is 0 Å². The predicted octanol–water partition coefficient (Wildman–Crippen LogP) is 0.796. The van der Waals surface area contributed by atoms with Gasteiger partial charge in [-0.3, -0.25) is 10.1 Å². The third kappa shape index (κ3) is 2.51. The summed E-state index contributed by atoms with van der Waals surface area (Å²) in [5.41, 5.74) is 0.0184. The Morgan fingerprint density at radius 1 is 1.61 bits per heavy atom. The highest BCUT2D eigenvalue weighted by Gasteiger charge is 2.25. The summed E-state index contributed by atoms with van der Waals surface area (Å²) in [6, 6.07) is 3.23. The van der Waals surface area contributed by atoms with E-state index in [-0.39, 0.29) is 11.7 Å². The van der Waals surface area contributed by atoms with E-state index >= 15 is 0 Å². The normalized spacial score (nSPS) is 19.7. The van der Waals surface area contributed by atoms with Crippen molar-refractivity contribution in [3.05, 3.63) is 22.2 Å². The van der Waals surface area contributed by atoms with E-state index in [2.05, 4.69) is 10.3 Å². The zero-order chi connectivity index (χ0) is 13.1. The van der Waals surface area contributed by atoms with Gasteiger partial charge in [-0.15, -0.1) is 0 Å². The molecule has 0 saturated carbocycles. The lowest BCUT2D eigenvalue weighted by molar-refractivity contribution is -0.384. The number of nitro groups is 1. The quantitative estimate of drug-likeness (QED) is 0.633. The molecule has 1 aliphatic heterocycles. The summed E-state index contributed by atoms with van der Waals surface area (Å²) in [6.45, 7) is 4.22. The number of nitrogens with one attached hydrogen (secondary N) is 1. The average Bonchev–Trinajstić information content (AvgIpc) is 2.38. The second-order valence-corrected chi connectivity index (χ2v) is 4.25. The highest BCUT2D eigenvalue weighted by Crippen LogP contribution is 2.28. The van der Waals surface area contributed by atoms with Crippen LogP contribution in [0.5, 0.6) is 5.88 Å². The van der Waals surface area contributed by atoms with Gasteiger partial charge in [0.2, 0.25) is 11.7 Å². The van der Waals surface area contributed by atoms with Gasteiger partial charge in [0, 0.05) is 37.8 Å². The molecule has 7 nitrogen and oxygen atoms in total. The Kier molecular flexibility index (Phi) is 3.61. The Balaban J connectivity index is 2.36. The van der Waals surface area contributed by atoms with Crippen LogP contribution in [-0.4, -0.2) is 42.7 Å². The monoisotopic (exact) mass is 252 g/mol. The SMILES string of the molecule is COc1ccc([N+](=O)[O-])c(N2CCN[C@H](C)C2)n1. The highest BCUT2D eigenvalue weighted by atomic mass is 16.6. The number of anilines is 1. The number of methoxy groups -OCH3 is 1. The molecule has 98 valence electrons. The van der Waals surface area contributed by atoms with E-state index in [9.17, 15) is 10.1 Å². The van der Waals surface area contributed by atoms with E-state index in [0.29, 0.717) is 24.8 Å². The van der Waals surface area contributed by atoms with Gasteiger partial charge in [0.15, 0.2) is 0 Å². The first-order valence-corrected chi connectivity index (χ1v) is 5.79. The Bertz CT molecular complexity index is 452. The van der Waals surface area contributed by atoms with Gasteiger partial charge in [-0.2, -0.15) is 4.98 Å². The predicted molar refractivity (Wildman–Crippen MR) is 67.1 cm³/mol. The van der Waals surface area contributed by atoms with Crippen molar-refractivity contribution < 1.29 is 9.66 Å². The molecule has 0 amide bonds. The van der Waals surface area contributed by atoms with Crippen molar-refractivity contribution in [2.75, 3.05) is 31.6 Å². The van der Waals surface area contributed by atoms with Crippen LogP contribution in [0.4, 0.5) is 11.5 Å². The van der Waals surface area contributed by atoms with Gasteiger partial charge < -0.3 is 15.0 Å². The van der Waals surface area contributed by atoms with Crippen molar-refractivity contribution in [2.45, 2.75) is 13.0 Å². The summed E-state index contributed by atoms with van der Waals surface area (Å²) < 4.78 is 5.03. The fraction of sp³-hybridized carbons (Fsp3) is 0.545. The van der Waals surface area contributed by atoms with Crippen molar-refractivity contribution in [3.63, 3.8) is 0 Å². The maximum atomic E-state index is 11.0. The lowest BCUT2D eigenvalue weighted by Gasteiger charge is -2.32. The topological polar surface area (TPSA) is 80.5 Å². The molecule has 1 aromatic heterocycles. The number of piperazine rings is 1. The van der Waals surface area contributed by atoms with Gasteiger partial charge in [-0.25, -0.2) is 0 Å². The number of rotatable bonds is 3. The molecule has 0 unspecified atom stereocenters. The number of ether oxygens (including phenoxy) is 1. The molecule has 2 heterocycles. The molecule has 1 aliphatic rings. The first-order valence-electron chi connectivity index (χ1n) is 5.79. The maximum absolute atomic E-state index is 11.0. The molecular weight excluding hydrogens is 236 g/mol. The number of pyridine rings is 1. The number of nitrogens with zero attached hydrogens (tertiary/aromatic N) is 3. The summed E-state index contributed by atoms with van der Waals surface area (Å²) in [4.78, 5) is 16.7. The standard InChI is InChI=1S/C11H16N4O3/c1-8-7-14(6-5-12-8)11-9(15(16)17)3-4-10(13-11)18-2/h3-4,8,12H,5-7H2,1-2H3/t8-/m1/s1. The van der Waals surface area contributed by atoms with Crippen LogP contribution in [-0.2, 0) is 0 Å².